The molecule has 0 aromatic carbocycles. The van der Waals surface area contributed by atoms with Crippen LogP contribution in [-0.4, -0.2) is 60.6 Å². The molecule has 0 aliphatic carbocycles. The van der Waals surface area contributed by atoms with Gasteiger partial charge < -0.3 is 19.9 Å². The Hall–Kier alpha value is -2.15. The molecule has 0 saturated carbocycles. The Kier molecular flexibility index (Phi) is 5.53. The van der Waals surface area contributed by atoms with Crippen molar-refractivity contribution in [3.63, 3.8) is 0 Å². The fraction of sp³-hybridized carbons (Fsp3) is 0.611. The molecular weight excluding hydrogens is 320 g/mol. The Labute approximate surface area is 148 Å². The first-order chi connectivity index (χ1) is 12.1. The van der Waals surface area contributed by atoms with Crippen molar-refractivity contribution in [1.82, 2.24) is 15.2 Å². The molecule has 1 aromatic rings. The smallest absolute Gasteiger partial charge is 0.225 e. The summed E-state index contributed by atoms with van der Waals surface area (Å²) in [6.45, 7) is 7.87. The normalized spacial score (nSPS) is 21.1. The van der Waals surface area contributed by atoms with Gasteiger partial charge in [-0.3, -0.25) is 9.59 Å². The third kappa shape index (κ3) is 4.10. The molecule has 0 unspecified atom stereocenters. The molecular formula is C18H26N4O3. The zero-order valence-corrected chi connectivity index (χ0v) is 14.9. The number of likely N-dealkylation sites (tertiary alicyclic amines) is 1. The molecule has 1 aromatic heterocycles. The fourth-order valence-corrected chi connectivity index (χ4v) is 3.36. The van der Waals surface area contributed by atoms with Gasteiger partial charge in [0.2, 0.25) is 11.8 Å². The van der Waals surface area contributed by atoms with E-state index >= 15 is 0 Å². The quantitative estimate of drug-likeness (QED) is 0.853. The lowest BCUT2D eigenvalue weighted by atomic mass is 10.1. The lowest BCUT2D eigenvalue weighted by molar-refractivity contribution is -0.129. The highest BCUT2D eigenvalue weighted by atomic mass is 16.5. The van der Waals surface area contributed by atoms with Crippen molar-refractivity contribution in [2.75, 3.05) is 37.7 Å². The van der Waals surface area contributed by atoms with Crippen LogP contribution in [0.3, 0.4) is 0 Å². The van der Waals surface area contributed by atoms with Crippen LogP contribution in [0.15, 0.2) is 18.3 Å². The van der Waals surface area contributed by atoms with Crippen molar-refractivity contribution in [3.8, 4) is 0 Å². The van der Waals surface area contributed by atoms with Gasteiger partial charge in [0.1, 0.15) is 5.82 Å². The number of carbonyl (C=O) groups excluding carboxylic acids is 2. The van der Waals surface area contributed by atoms with Crippen LogP contribution in [0, 0.1) is 5.92 Å². The zero-order chi connectivity index (χ0) is 17.8. The number of anilines is 1. The van der Waals surface area contributed by atoms with E-state index in [4.69, 9.17) is 4.74 Å². The van der Waals surface area contributed by atoms with Crippen molar-refractivity contribution >= 4 is 17.6 Å². The first-order valence-electron chi connectivity index (χ1n) is 8.90. The van der Waals surface area contributed by atoms with Crippen LogP contribution < -0.4 is 10.2 Å². The Morgan fingerprint density at radius 2 is 2.16 bits per heavy atom. The average Bonchev–Trinajstić information content (AvgIpc) is 3.03. The summed E-state index contributed by atoms with van der Waals surface area (Å²) in [5, 5.41) is 2.98. The van der Waals surface area contributed by atoms with Crippen LogP contribution in [0.2, 0.25) is 0 Å². The minimum absolute atomic E-state index is 0.0607. The van der Waals surface area contributed by atoms with Gasteiger partial charge >= 0.3 is 0 Å². The fourth-order valence-electron chi connectivity index (χ4n) is 3.36. The van der Waals surface area contributed by atoms with Crippen molar-refractivity contribution in [1.29, 1.82) is 0 Å². The molecule has 3 heterocycles. The molecule has 7 heteroatoms. The van der Waals surface area contributed by atoms with E-state index in [1.165, 1.54) is 0 Å². The van der Waals surface area contributed by atoms with Gasteiger partial charge in [-0.05, 0) is 19.9 Å². The summed E-state index contributed by atoms with van der Waals surface area (Å²) in [4.78, 5) is 32.9. The predicted molar refractivity (Wildman–Crippen MR) is 94.1 cm³/mol. The molecule has 0 bridgehead atoms. The number of nitrogens with one attached hydrogen (secondary N) is 1. The Bertz CT molecular complexity index is 629. The van der Waals surface area contributed by atoms with Gasteiger partial charge in [-0.25, -0.2) is 4.98 Å². The number of rotatable bonds is 5. The first kappa shape index (κ1) is 17.7. The van der Waals surface area contributed by atoms with E-state index in [0.29, 0.717) is 32.7 Å². The number of hydrogen-bond acceptors (Lipinski definition) is 5. The summed E-state index contributed by atoms with van der Waals surface area (Å²) in [5.74, 6) is 0.634. The van der Waals surface area contributed by atoms with Crippen molar-refractivity contribution in [3.05, 3.63) is 23.9 Å². The summed E-state index contributed by atoms with van der Waals surface area (Å²) < 4.78 is 5.39. The molecule has 136 valence electrons. The van der Waals surface area contributed by atoms with Crippen LogP contribution in [0.4, 0.5) is 5.82 Å². The van der Waals surface area contributed by atoms with E-state index in [0.717, 1.165) is 24.5 Å². The number of hydrogen-bond donors (Lipinski definition) is 1. The molecule has 2 amide bonds. The topological polar surface area (TPSA) is 74.8 Å². The minimum atomic E-state index is -0.265. The Morgan fingerprint density at radius 3 is 2.84 bits per heavy atom. The summed E-state index contributed by atoms with van der Waals surface area (Å²) in [6, 6.07) is 4.00. The number of aromatic nitrogens is 1. The van der Waals surface area contributed by atoms with E-state index in [-0.39, 0.29) is 23.8 Å². The standard InChI is InChI=1S/C18H26N4O3/c1-13(2)22-12-15(10-16(22)23)18(24)20-11-14-4-3-5-19-17(14)21-6-8-25-9-7-21/h3-5,13,15H,6-12H2,1-2H3,(H,20,24)/t15-/m0/s1. The number of amides is 2. The first-order valence-corrected chi connectivity index (χ1v) is 8.90. The Balaban J connectivity index is 1.60. The molecule has 1 N–H and O–H groups in total. The van der Waals surface area contributed by atoms with Crippen LogP contribution >= 0.6 is 0 Å². The lowest BCUT2D eigenvalue weighted by Gasteiger charge is -2.29. The molecule has 0 spiro atoms. The van der Waals surface area contributed by atoms with Crippen LogP contribution in [0.1, 0.15) is 25.8 Å². The van der Waals surface area contributed by atoms with E-state index in [1.54, 1.807) is 11.1 Å². The maximum absolute atomic E-state index is 12.5. The van der Waals surface area contributed by atoms with E-state index in [9.17, 15) is 9.59 Å². The number of pyridine rings is 1. The summed E-state index contributed by atoms with van der Waals surface area (Å²) in [7, 11) is 0. The highest BCUT2D eigenvalue weighted by Gasteiger charge is 2.35. The molecule has 2 aliphatic rings. The van der Waals surface area contributed by atoms with Crippen molar-refractivity contribution in [2.45, 2.75) is 32.9 Å². The molecule has 1 atom stereocenters. The third-order valence-electron chi connectivity index (χ3n) is 4.78. The summed E-state index contributed by atoms with van der Waals surface area (Å²) in [5.41, 5.74) is 0.989. The second kappa shape index (κ2) is 7.82. The van der Waals surface area contributed by atoms with Gasteiger partial charge in [-0.1, -0.05) is 6.07 Å². The van der Waals surface area contributed by atoms with Gasteiger partial charge in [0.25, 0.3) is 0 Å². The van der Waals surface area contributed by atoms with E-state index in [1.807, 2.05) is 26.0 Å². The number of nitrogens with zero attached hydrogens (tertiary/aromatic N) is 3. The van der Waals surface area contributed by atoms with Crippen molar-refractivity contribution in [2.24, 2.45) is 5.92 Å². The van der Waals surface area contributed by atoms with Gasteiger partial charge in [0, 0.05) is 50.4 Å². The number of carbonyl (C=O) groups is 2. The molecule has 7 nitrogen and oxygen atoms in total. The predicted octanol–water partition coefficient (Wildman–Crippen LogP) is 0.791. The maximum atomic E-state index is 12.5. The third-order valence-corrected chi connectivity index (χ3v) is 4.78. The van der Waals surface area contributed by atoms with Crippen LogP contribution in [-0.2, 0) is 20.9 Å². The van der Waals surface area contributed by atoms with Gasteiger partial charge in [-0.2, -0.15) is 0 Å². The Morgan fingerprint density at radius 1 is 1.40 bits per heavy atom. The highest BCUT2D eigenvalue weighted by molar-refractivity contribution is 5.89. The lowest BCUT2D eigenvalue weighted by Crippen LogP contribution is -2.38. The molecule has 25 heavy (non-hydrogen) atoms. The van der Waals surface area contributed by atoms with E-state index in [2.05, 4.69) is 15.2 Å². The monoisotopic (exact) mass is 346 g/mol. The van der Waals surface area contributed by atoms with Crippen molar-refractivity contribution < 1.29 is 14.3 Å². The molecule has 2 fully saturated rings. The molecule has 0 radical (unpaired) electrons. The highest BCUT2D eigenvalue weighted by Crippen LogP contribution is 2.21. The second-order valence-electron chi connectivity index (χ2n) is 6.84. The van der Waals surface area contributed by atoms with Crippen LogP contribution in [0.5, 0.6) is 0 Å². The minimum Gasteiger partial charge on any atom is -0.378 e. The number of morpholine rings is 1. The van der Waals surface area contributed by atoms with Gasteiger partial charge in [0.15, 0.2) is 0 Å². The van der Waals surface area contributed by atoms with Gasteiger partial charge in [-0.15, -0.1) is 0 Å². The van der Waals surface area contributed by atoms with Crippen LogP contribution in [0.25, 0.3) is 0 Å². The second-order valence-corrected chi connectivity index (χ2v) is 6.84. The summed E-state index contributed by atoms with van der Waals surface area (Å²) >= 11 is 0. The SMILES string of the molecule is CC(C)N1C[C@@H](C(=O)NCc2cccnc2N2CCOCC2)CC1=O. The number of ether oxygens (including phenoxy) is 1. The van der Waals surface area contributed by atoms with Gasteiger partial charge in [0.05, 0.1) is 19.1 Å². The molecule has 2 saturated heterocycles. The van der Waals surface area contributed by atoms with E-state index < -0.39 is 0 Å². The maximum Gasteiger partial charge on any atom is 0.225 e. The average molecular weight is 346 g/mol. The largest absolute Gasteiger partial charge is 0.378 e. The molecule has 3 rings (SSSR count). The summed E-state index contributed by atoms with van der Waals surface area (Å²) in [6.07, 6.45) is 2.07. The molecule has 2 aliphatic heterocycles. The zero-order valence-electron chi connectivity index (χ0n) is 14.9.